The van der Waals surface area contributed by atoms with Crippen LogP contribution in [0.5, 0.6) is 0 Å². The Morgan fingerprint density at radius 2 is 1.93 bits per heavy atom. The minimum atomic E-state index is -0.0676. The maximum absolute atomic E-state index is 12.9. The minimum absolute atomic E-state index is 0.0341. The molecular weight excluding hydrogens is 334 g/mol. The molecule has 0 saturated carbocycles. The molecule has 0 bridgehead atoms. The smallest absolute Gasteiger partial charge is 0.255 e. The summed E-state index contributed by atoms with van der Waals surface area (Å²) in [4.78, 5) is 12.9. The molecule has 0 aliphatic heterocycles. The first-order valence-corrected chi connectivity index (χ1v) is 9.59. The number of amides is 1. The van der Waals surface area contributed by atoms with Crippen molar-refractivity contribution in [2.75, 3.05) is 0 Å². The molecule has 1 aliphatic rings. The molecule has 1 atom stereocenters. The van der Waals surface area contributed by atoms with Crippen LogP contribution < -0.4 is 5.32 Å². The van der Waals surface area contributed by atoms with Crippen molar-refractivity contribution in [3.63, 3.8) is 0 Å². The zero-order valence-corrected chi connectivity index (χ0v) is 15.9. The van der Waals surface area contributed by atoms with Crippen LogP contribution in [0, 0.1) is 0 Å². The van der Waals surface area contributed by atoms with Crippen molar-refractivity contribution in [1.82, 2.24) is 15.1 Å². The molecule has 0 radical (unpaired) electrons. The van der Waals surface area contributed by atoms with Gasteiger partial charge in [-0.15, -0.1) is 0 Å². The highest BCUT2D eigenvalue weighted by Crippen LogP contribution is 2.25. The molecule has 0 spiro atoms. The lowest BCUT2D eigenvalue weighted by molar-refractivity contribution is 0.0939. The Kier molecular flexibility index (Phi) is 4.80. The number of carbonyl (C=O) groups excluding carboxylic acids is 1. The van der Waals surface area contributed by atoms with Gasteiger partial charge in [-0.3, -0.25) is 9.48 Å². The highest BCUT2D eigenvalue weighted by Gasteiger charge is 2.20. The lowest BCUT2D eigenvalue weighted by Gasteiger charge is -2.16. The second-order valence-corrected chi connectivity index (χ2v) is 7.37. The second-order valence-electron chi connectivity index (χ2n) is 7.37. The van der Waals surface area contributed by atoms with Crippen LogP contribution in [0.25, 0.3) is 0 Å². The number of hydrogen-bond donors (Lipinski definition) is 1. The molecule has 1 heterocycles. The van der Waals surface area contributed by atoms with Gasteiger partial charge in [0.2, 0.25) is 0 Å². The Balaban J connectivity index is 1.51. The Morgan fingerprint density at radius 3 is 2.74 bits per heavy atom. The molecule has 0 saturated heterocycles. The van der Waals surface area contributed by atoms with Gasteiger partial charge in [0.25, 0.3) is 5.91 Å². The van der Waals surface area contributed by atoms with Crippen molar-refractivity contribution in [1.29, 1.82) is 0 Å². The third kappa shape index (κ3) is 3.65. The van der Waals surface area contributed by atoms with E-state index in [9.17, 15) is 4.79 Å². The van der Waals surface area contributed by atoms with Crippen molar-refractivity contribution in [3.8, 4) is 0 Å². The summed E-state index contributed by atoms with van der Waals surface area (Å²) < 4.78 is 1.79. The van der Waals surface area contributed by atoms with Gasteiger partial charge in [-0.25, -0.2) is 0 Å². The molecule has 0 unspecified atom stereocenters. The third-order valence-corrected chi connectivity index (χ3v) is 5.49. The van der Waals surface area contributed by atoms with E-state index in [1.165, 1.54) is 29.5 Å². The number of carbonyl (C=O) groups is 1. The first-order chi connectivity index (χ1) is 13.1. The molecule has 138 valence electrons. The number of rotatable bonds is 5. The summed E-state index contributed by atoms with van der Waals surface area (Å²) in [7, 11) is 1.89. The van der Waals surface area contributed by atoms with Gasteiger partial charge < -0.3 is 5.32 Å². The van der Waals surface area contributed by atoms with E-state index < -0.39 is 0 Å². The van der Waals surface area contributed by atoms with E-state index in [-0.39, 0.29) is 11.9 Å². The fraction of sp³-hybridized carbons (Fsp3) is 0.304. The zero-order valence-electron chi connectivity index (χ0n) is 15.9. The van der Waals surface area contributed by atoms with Crippen molar-refractivity contribution in [2.24, 2.45) is 7.05 Å². The van der Waals surface area contributed by atoms with Gasteiger partial charge in [0.15, 0.2) is 0 Å². The predicted molar refractivity (Wildman–Crippen MR) is 107 cm³/mol. The fourth-order valence-corrected chi connectivity index (χ4v) is 3.87. The molecule has 1 aliphatic carbocycles. The first kappa shape index (κ1) is 17.5. The second kappa shape index (κ2) is 7.39. The number of nitrogens with one attached hydrogen (secondary N) is 1. The summed E-state index contributed by atoms with van der Waals surface area (Å²) in [6.07, 6.45) is 5.91. The first-order valence-electron chi connectivity index (χ1n) is 9.59. The van der Waals surface area contributed by atoms with Crippen molar-refractivity contribution < 1.29 is 4.79 Å². The summed E-state index contributed by atoms with van der Waals surface area (Å²) in [6.45, 7) is 2.04. The molecule has 0 fully saturated rings. The van der Waals surface area contributed by atoms with Crippen LogP contribution in [0.3, 0.4) is 0 Å². The van der Waals surface area contributed by atoms with Crippen LogP contribution in [0.2, 0.25) is 0 Å². The topological polar surface area (TPSA) is 46.9 Å². The number of aryl methyl sites for hydroxylation is 3. The lowest BCUT2D eigenvalue weighted by Crippen LogP contribution is -2.27. The van der Waals surface area contributed by atoms with Crippen LogP contribution >= 0.6 is 0 Å². The highest BCUT2D eigenvalue weighted by atomic mass is 16.1. The molecule has 4 nitrogen and oxygen atoms in total. The molecule has 3 aromatic rings. The van der Waals surface area contributed by atoms with Crippen LogP contribution in [0.1, 0.15) is 57.7 Å². The van der Waals surface area contributed by atoms with E-state index in [0.717, 1.165) is 17.7 Å². The van der Waals surface area contributed by atoms with Gasteiger partial charge >= 0.3 is 0 Å². The van der Waals surface area contributed by atoms with Crippen LogP contribution in [-0.2, 0) is 26.3 Å². The number of nitrogens with zero attached hydrogens (tertiary/aromatic N) is 2. The predicted octanol–water partition coefficient (Wildman–Crippen LogP) is 3.99. The Labute approximate surface area is 160 Å². The molecule has 2 aromatic carbocycles. The maximum atomic E-state index is 12.9. The van der Waals surface area contributed by atoms with Crippen LogP contribution in [-0.4, -0.2) is 15.7 Å². The summed E-state index contributed by atoms with van der Waals surface area (Å²) in [5, 5.41) is 7.47. The SMILES string of the molecule is C[C@@H](NC(=O)c1cnn(C)c1Cc1ccccc1)c1ccc2c(c1)CCC2. The standard InChI is InChI=1S/C23H25N3O/c1-16(19-12-11-18-9-6-10-20(18)14-19)25-23(27)21-15-24-26(2)22(21)13-17-7-4-3-5-8-17/h3-5,7-8,11-12,14-16H,6,9-10,13H2,1-2H3,(H,25,27)/t16-/m1/s1. The van der Waals surface area contributed by atoms with E-state index >= 15 is 0 Å². The quantitative estimate of drug-likeness (QED) is 0.749. The fourth-order valence-electron chi connectivity index (χ4n) is 3.87. The molecule has 1 amide bonds. The van der Waals surface area contributed by atoms with Crippen LogP contribution in [0.4, 0.5) is 0 Å². The monoisotopic (exact) mass is 359 g/mol. The van der Waals surface area contributed by atoms with E-state index in [0.29, 0.717) is 12.0 Å². The lowest BCUT2D eigenvalue weighted by atomic mass is 10.0. The van der Waals surface area contributed by atoms with Crippen molar-refractivity contribution >= 4 is 5.91 Å². The van der Waals surface area contributed by atoms with Gasteiger partial charge in [-0.1, -0.05) is 48.5 Å². The van der Waals surface area contributed by atoms with Gasteiger partial charge in [0, 0.05) is 13.5 Å². The molecule has 4 rings (SSSR count). The summed E-state index contributed by atoms with van der Waals surface area (Å²) in [5.41, 5.74) is 6.79. The summed E-state index contributed by atoms with van der Waals surface area (Å²) in [5.74, 6) is -0.0676. The molecule has 1 aromatic heterocycles. The van der Waals surface area contributed by atoms with Gasteiger partial charge in [0.05, 0.1) is 23.5 Å². The van der Waals surface area contributed by atoms with E-state index in [1.807, 2.05) is 32.2 Å². The minimum Gasteiger partial charge on any atom is -0.345 e. The number of aromatic nitrogens is 2. The Morgan fingerprint density at radius 1 is 1.15 bits per heavy atom. The van der Waals surface area contributed by atoms with E-state index in [1.54, 1.807) is 10.9 Å². The Bertz CT molecular complexity index is 959. The number of hydrogen-bond acceptors (Lipinski definition) is 2. The van der Waals surface area contributed by atoms with Crippen LogP contribution in [0.15, 0.2) is 54.7 Å². The van der Waals surface area contributed by atoms with Gasteiger partial charge in [0.1, 0.15) is 0 Å². The number of benzene rings is 2. The normalized spacial score (nSPS) is 14.0. The molecule has 27 heavy (non-hydrogen) atoms. The third-order valence-electron chi connectivity index (χ3n) is 5.49. The van der Waals surface area contributed by atoms with E-state index in [2.05, 4.69) is 40.7 Å². The molecular formula is C23H25N3O. The molecule has 1 N–H and O–H groups in total. The highest BCUT2D eigenvalue weighted by molar-refractivity contribution is 5.95. The van der Waals surface area contributed by atoms with Crippen molar-refractivity contribution in [3.05, 3.63) is 88.2 Å². The van der Waals surface area contributed by atoms with E-state index in [4.69, 9.17) is 0 Å². The number of fused-ring (bicyclic) bond motifs is 1. The van der Waals surface area contributed by atoms with Gasteiger partial charge in [-0.05, 0) is 48.4 Å². The Hall–Kier alpha value is -2.88. The average molecular weight is 359 g/mol. The summed E-state index contributed by atoms with van der Waals surface area (Å²) in [6, 6.07) is 16.7. The maximum Gasteiger partial charge on any atom is 0.255 e. The van der Waals surface area contributed by atoms with Gasteiger partial charge in [-0.2, -0.15) is 5.10 Å². The van der Waals surface area contributed by atoms with Crippen molar-refractivity contribution in [2.45, 2.75) is 38.6 Å². The largest absolute Gasteiger partial charge is 0.345 e. The summed E-state index contributed by atoms with van der Waals surface area (Å²) >= 11 is 0. The average Bonchev–Trinajstić information content (AvgIpc) is 3.29. The zero-order chi connectivity index (χ0) is 18.8. The molecule has 4 heteroatoms.